The number of nitrogens with zero attached hydrogens (tertiary/aromatic N) is 2. The van der Waals surface area contributed by atoms with E-state index in [0.29, 0.717) is 5.95 Å². The van der Waals surface area contributed by atoms with E-state index in [2.05, 4.69) is 67.4 Å². The smallest absolute Gasteiger partial charge is 0.229 e. The van der Waals surface area contributed by atoms with Crippen molar-refractivity contribution < 1.29 is 0 Å². The van der Waals surface area contributed by atoms with Crippen molar-refractivity contribution in [1.82, 2.24) is 9.97 Å². The lowest BCUT2D eigenvalue weighted by molar-refractivity contribution is 0.630. The monoisotopic (exact) mass is 270 g/mol. The molecule has 0 saturated heterocycles. The lowest BCUT2D eigenvalue weighted by Gasteiger charge is -2.21. The van der Waals surface area contributed by atoms with Gasteiger partial charge in [-0.1, -0.05) is 6.07 Å². The molecule has 1 heterocycles. The summed E-state index contributed by atoms with van der Waals surface area (Å²) in [5, 5.41) is 6.57. The molecule has 0 saturated carbocycles. The van der Waals surface area contributed by atoms with Gasteiger partial charge >= 0.3 is 0 Å². The second-order valence-corrected chi connectivity index (χ2v) is 6.06. The molecule has 106 valence electrons. The molecular weight excluding hydrogens is 248 g/mol. The Bertz CT molecular complexity index is 600. The summed E-state index contributed by atoms with van der Waals surface area (Å²) in [6.45, 7) is 10.5. The zero-order valence-electron chi connectivity index (χ0n) is 12.8. The average molecular weight is 270 g/mol. The number of aryl methyl sites for hydroxylation is 2. The number of hydrogen-bond donors (Lipinski definition) is 2. The van der Waals surface area contributed by atoms with Crippen LogP contribution in [0.5, 0.6) is 0 Å². The Hall–Kier alpha value is -2.10. The first-order valence-corrected chi connectivity index (χ1v) is 6.79. The Morgan fingerprint density at radius 2 is 1.75 bits per heavy atom. The Balaban J connectivity index is 2.17. The molecular formula is C16H22N4. The van der Waals surface area contributed by atoms with Crippen LogP contribution in [0.3, 0.4) is 0 Å². The minimum atomic E-state index is -0.0218. The van der Waals surface area contributed by atoms with E-state index in [1.165, 1.54) is 11.1 Å². The molecule has 0 unspecified atom stereocenters. The number of rotatable bonds is 3. The lowest BCUT2D eigenvalue weighted by Crippen LogP contribution is -2.26. The van der Waals surface area contributed by atoms with Crippen LogP contribution in [0.4, 0.5) is 17.5 Å². The van der Waals surface area contributed by atoms with Crippen LogP contribution in [0.15, 0.2) is 30.5 Å². The van der Waals surface area contributed by atoms with Crippen LogP contribution < -0.4 is 10.6 Å². The maximum Gasteiger partial charge on any atom is 0.229 e. The Morgan fingerprint density at radius 3 is 2.40 bits per heavy atom. The number of aromatic nitrogens is 2. The molecule has 0 radical (unpaired) electrons. The minimum absolute atomic E-state index is 0.0218. The third kappa shape index (κ3) is 3.95. The van der Waals surface area contributed by atoms with Crippen molar-refractivity contribution in [1.29, 1.82) is 0 Å². The fraction of sp³-hybridized carbons (Fsp3) is 0.375. The van der Waals surface area contributed by atoms with E-state index in [-0.39, 0.29) is 5.54 Å². The molecule has 2 aromatic rings. The topological polar surface area (TPSA) is 49.8 Å². The second-order valence-electron chi connectivity index (χ2n) is 6.06. The first kappa shape index (κ1) is 14.3. The van der Waals surface area contributed by atoms with Gasteiger partial charge in [0.15, 0.2) is 0 Å². The third-order valence-corrected chi connectivity index (χ3v) is 2.92. The molecule has 0 aliphatic carbocycles. The predicted molar refractivity (Wildman–Crippen MR) is 84.6 cm³/mol. The fourth-order valence-corrected chi connectivity index (χ4v) is 1.82. The Morgan fingerprint density at radius 1 is 1.00 bits per heavy atom. The van der Waals surface area contributed by atoms with Gasteiger partial charge in [-0.15, -0.1) is 0 Å². The first-order valence-electron chi connectivity index (χ1n) is 6.79. The number of benzene rings is 1. The van der Waals surface area contributed by atoms with Gasteiger partial charge in [-0.05, 0) is 63.9 Å². The predicted octanol–water partition coefficient (Wildman–Crippen LogP) is 4.05. The standard InChI is InChI=1S/C16H22N4/c1-11-6-7-13(10-12(11)2)18-15-17-9-8-14(19-15)20-16(3,4)5/h6-10H,1-5H3,(H2,17,18,19,20). The summed E-state index contributed by atoms with van der Waals surface area (Å²) in [6, 6.07) is 8.10. The summed E-state index contributed by atoms with van der Waals surface area (Å²) in [5.74, 6) is 1.42. The summed E-state index contributed by atoms with van der Waals surface area (Å²) in [7, 11) is 0. The van der Waals surface area contributed by atoms with Crippen molar-refractivity contribution in [3.05, 3.63) is 41.6 Å². The summed E-state index contributed by atoms with van der Waals surface area (Å²) >= 11 is 0. The Kier molecular flexibility index (Phi) is 3.93. The fourth-order valence-electron chi connectivity index (χ4n) is 1.82. The highest BCUT2D eigenvalue weighted by Gasteiger charge is 2.10. The molecule has 0 bridgehead atoms. The number of anilines is 3. The van der Waals surface area contributed by atoms with Crippen molar-refractivity contribution in [3.63, 3.8) is 0 Å². The van der Waals surface area contributed by atoms with Crippen LogP contribution in [-0.2, 0) is 0 Å². The molecule has 1 aromatic carbocycles. The van der Waals surface area contributed by atoms with E-state index in [4.69, 9.17) is 0 Å². The zero-order chi connectivity index (χ0) is 14.8. The van der Waals surface area contributed by atoms with E-state index in [0.717, 1.165) is 11.5 Å². The molecule has 20 heavy (non-hydrogen) atoms. The van der Waals surface area contributed by atoms with Crippen LogP contribution in [0.2, 0.25) is 0 Å². The van der Waals surface area contributed by atoms with Crippen molar-refractivity contribution in [3.8, 4) is 0 Å². The van der Waals surface area contributed by atoms with E-state index in [1.54, 1.807) is 6.20 Å². The van der Waals surface area contributed by atoms with E-state index < -0.39 is 0 Å². The van der Waals surface area contributed by atoms with Crippen molar-refractivity contribution >= 4 is 17.5 Å². The lowest BCUT2D eigenvalue weighted by atomic mass is 10.1. The van der Waals surface area contributed by atoms with Gasteiger partial charge in [0, 0.05) is 17.4 Å². The van der Waals surface area contributed by atoms with E-state index >= 15 is 0 Å². The number of hydrogen-bond acceptors (Lipinski definition) is 4. The van der Waals surface area contributed by atoms with Gasteiger partial charge in [0.1, 0.15) is 5.82 Å². The van der Waals surface area contributed by atoms with Gasteiger partial charge in [-0.2, -0.15) is 4.98 Å². The normalized spacial score (nSPS) is 11.2. The molecule has 4 nitrogen and oxygen atoms in total. The SMILES string of the molecule is Cc1ccc(Nc2nccc(NC(C)(C)C)n2)cc1C. The molecule has 0 aliphatic heterocycles. The van der Waals surface area contributed by atoms with Crippen molar-refractivity contribution in [2.75, 3.05) is 10.6 Å². The molecule has 0 spiro atoms. The molecule has 0 atom stereocenters. The highest BCUT2D eigenvalue weighted by Crippen LogP contribution is 2.19. The van der Waals surface area contributed by atoms with Crippen LogP contribution in [-0.4, -0.2) is 15.5 Å². The van der Waals surface area contributed by atoms with Crippen LogP contribution in [0.1, 0.15) is 31.9 Å². The van der Waals surface area contributed by atoms with E-state index in [1.807, 2.05) is 12.1 Å². The molecule has 0 fully saturated rings. The maximum atomic E-state index is 4.47. The van der Waals surface area contributed by atoms with Gasteiger partial charge < -0.3 is 10.6 Å². The van der Waals surface area contributed by atoms with Gasteiger partial charge in [-0.25, -0.2) is 4.98 Å². The summed E-state index contributed by atoms with van der Waals surface area (Å²) in [5.41, 5.74) is 3.51. The van der Waals surface area contributed by atoms with Crippen LogP contribution in [0, 0.1) is 13.8 Å². The van der Waals surface area contributed by atoms with Gasteiger partial charge in [-0.3, -0.25) is 0 Å². The molecule has 1 aromatic heterocycles. The molecule has 4 heteroatoms. The molecule has 0 amide bonds. The second kappa shape index (κ2) is 5.49. The summed E-state index contributed by atoms with van der Waals surface area (Å²) in [6.07, 6.45) is 1.75. The summed E-state index contributed by atoms with van der Waals surface area (Å²) < 4.78 is 0. The van der Waals surface area contributed by atoms with E-state index in [9.17, 15) is 0 Å². The minimum Gasteiger partial charge on any atom is -0.365 e. The van der Waals surface area contributed by atoms with Gasteiger partial charge in [0.2, 0.25) is 5.95 Å². The van der Waals surface area contributed by atoms with Crippen LogP contribution >= 0.6 is 0 Å². The quantitative estimate of drug-likeness (QED) is 0.883. The van der Waals surface area contributed by atoms with Gasteiger partial charge in [0.05, 0.1) is 0 Å². The van der Waals surface area contributed by atoms with Gasteiger partial charge in [0.25, 0.3) is 0 Å². The summed E-state index contributed by atoms with van der Waals surface area (Å²) in [4.78, 5) is 8.73. The number of nitrogens with one attached hydrogen (secondary N) is 2. The Labute approximate surface area is 120 Å². The highest BCUT2D eigenvalue weighted by molar-refractivity contribution is 5.56. The largest absolute Gasteiger partial charge is 0.365 e. The first-order chi connectivity index (χ1) is 9.33. The molecule has 2 N–H and O–H groups in total. The van der Waals surface area contributed by atoms with Crippen molar-refractivity contribution in [2.45, 2.75) is 40.2 Å². The third-order valence-electron chi connectivity index (χ3n) is 2.92. The maximum absolute atomic E-state index is 4.47. The van der Waals surface area contributed by atoms with Crippen molar-refractivity contribution in [2.24, 2.45) is 0 Å². The van der Waals surface area contributed by atoms with Crippen LogP contribution in [0.25, 0.3) is 0 Å². The zero-order valence-corrected chi connectivity index (χ0v) is 12.8. The molecule has 0 aliphatic rings. The highest BCUT2D eigenvalue weighted by atomic mass is 15.1. The molecule has 2 rings (SSSR count). The average Bonchev–Trinajstić information content (AvgIpc) is 2.32.